The molecule has 0 spiro atoms. The van der Waals surface area contributed by atoms with Crippen molar-refractivity contribution >= 4 is 11.8 Å². The van der Waals surface area contributed by atoms with Crippen molar-refractivity contribution in [3.63, 3.8) is 0 Å². The molecule has 0 amide bonds. The molecule has 0 unspecified atom stereocenters. The third-order valence-electron chi connectivity index (χ3n) is 0.707. The van der Waals surface area contributed by atoms with Gasteiger partial charge in [-0.1, -0.05) is 6.58 Å². The lowest BCUT2D eigenvalue weighted by Crippen LogP contribution is -2.10. The van der Waals surface area contributed by atoms with Gasteiger partial charge in [0.05, 0.1) is 13.2 Å². The summed E-state index contributed by atoms with van der Waals surface area (Å²) < 4.78 is 6.19. The molecule has 0 rings (SSSR count). The second kappa shape index (κ2) is 4.94. The van der Waals surface area contributed by atoms with E-state index in [1.165, 1.54) is 4.42 Å². The molecule has 0 aromatic rings. The molecule has 0 aliphatic carbocycles. The molecule has 0 bridgehead atoms. The summed E-state index contributed by atoms with van der Waals surface area (Å²) >= 11 is 5.48. The smallest absolute Gasteiger partial charge is 0.0652 e. The van der Waals surface area contributed by atoms with Crippen molar-refractivity contribution < 1.29 is 4.74 Å². The van der Waals surface area contributed by atoms with Crippen LogP contribution in [0.25, 0.3) is 0 Å². The quantitative estimate of drug-likeness (QED) is 0.538. The molecule has 2 nitrogen and oxygen atoms in total. The Kier molecular flexibility index (Phi) is 4.81. The van der Waals surface area contributed by atoms with E-state index in [0.29, 0.717) is 13.2 Å². The first-order valence-corrected chi connectivity index (χ1v) is 2.69. The predicted octanol–water partition coefficient (Wildman–Crippen LogP) is 1.23. The highest BCUT2D eigenvalue weighted by molar-refractivity contribution is 6.13. The second-order valence-corrected chi connectivity index (χ2v) is 1.73. The number of nitrogens with zero attached hydrogens (tertiary/aromatic N) is 1. The molecule has 0 atom stereocenters. The molecule has 0 aromatic carbocycles. The van der Waals surface area contributed by atoms with Gasteiger partial charge in [0.2, 0.25) is 0 Å². The SMILES string of the molecule is C=CN(Cl)CCOC. The number of hydrogen-bond acceptors (Lipinski definition) is 2. The Morgan fingerprint density at radius 1 is 1.88 bits per heavy atom. The van der Waals surface area contributed by atoms with Crippen LogP contribution in [-0.2, 0) is 4.74 Å². The first-order valence-electron chi connectivity index (χ1n) is 2.35. The molecule has 0 aliphatic heterocycles. The Hall–Kier alpha value is -0.210. The van der Waals surface area contributed by atoms with E-state index in [4.69, 9.17) is 16.5 Å². The van der Waals surface area contributed by atoms with Crippen LogP contribution in [-0.4, -0.2) is 24.7 Å². The zero-order chi connectivity index (χ0) is 6.41. The topological polar surface area (TPSA) is 12.5 Å². The van der Waals surface area contributed by atoms with Crippen LogP contribution in [0.2, 0.25) is 0 Å². The highest BCUT2D eigenvalue weighted by atomic mass is 35.5. The van der Waals surface area contributed by atoms with E-state index in [-0.39, 0.29) is 0 Å². The molecule has 0 heterocycles. The van der Waals surface area contributed by atoms with Gasteiger partial charge < -0.3 is 4.74 Å². The summed E-state index contributed by atoms with van der Waals surface area (Å²) in [5.74, 6) is 0. The van der Waals surface area contributed by atoms with E-state index in [1.54, 1.807) is 13.3 Å². The fourth-order valence-corrected chi connectivity index (χ4v) is 0.339. The van der Waals surface area contributed by atoms with Crippen LogP contribution in [0.4, 0.5) is 0 Å². The monoisotopic (exact) mass is 135 g/mol. The van der Waals surface area contributed by atoms with Crippen LogP contribution < -0.4 is 0 Å². The van der Waals surface area contributed by atoms with Gasteiger partial charge in [0.15, 0.2) is 0 Å². The molecule has 0 saturated heterocycles. The number of ether oxygens (including phenoxy) is 1. The maximum absolute atomic E-state index is 5.48. The van der Waals surface area contributed by atoms with Crippen LogP contribution in [0.5, 0.6) is 0 Å². The zero-order valence-corrected chi connectivity index (χ0v) is 5.69. The molecule has 3 heteroatoms. The Bertz CT molecular complexity index is 67.4. The Balaban J connectivity index is 2.98. The van der Waals surface area contributed by atoms with Crippen molar-refractivity contribution in [1.29, 1.82) is 0 Å². The van der Waals surface area contributed by atoms with Crippen LogP contribution >= 0.6 is 11.8 Å². The zero-order valence-electron chi connectivity index (χ0n) is 4.93. The summed E-state index contributed by atoms with van der Waals surface area (Å²) in [4.78, 5) is 0. The molecule has 0 saturated carbocycles. The van der Waals surface area contributed by atoms with E-state index in [0.717, 1.165) is 0 Å². The lowest BCUT2D eigenvalue weighted by Gasteiger charge is -2.06. The van der Waals surface area contributed by atoms with Gasteiger partial charge in [-0.05, 0) is 0 Å². The number of methoxy groups -OCH3 is 1. The summed E-state index contributed by atoms with van der Waals surface area (Å²) in [7, 11) is 1.63. The lowest BCUT2D eigenvalue weighted by atomic mass is 10.7. The third kappa shape index (κ3) is 3.96. The maximum Gasteiger partial charge on any atom is 0.0652 e. The third-order valence-corrected chi connectivity index (χ3v) is 1.01. The molecule has 0 aliphatic rings. The summed E-state index contributed by atoms with van der Waals surface area (Å²) in [5, 5.41) is 0. The summed E-state index contributed by atoms with van der Waals surface area (Å²) in [6, 6.07) is 0. The van der Waals surface area contributed by atoms with E-state index in [2.05, 4.69) is 6.58 Å². The van der Waals surface area contributed by atoms with Crippen molar-refractivity contribution in [2.24, 2.45) is 0 Å². The van der Waals surface area contributed by atoms with Gasteiger partial charge in [-0.3, -0.25) is 4.42 Å². The standard InChI is InChI=1S/C5H10ClNO/c1-3-7(6)4-5-8-2/h3H,1,4-5H2,2H3. The molecule has 0 N–H and O–H groups in total. The molecule has 48 valence electrons. The van der Waals surface area contributed by atoms with Crippen LogP contribution in [0.3, 0.4) is 0 Å². The average molecular weight is 136 g/mol. The minimum atomic E-state index is 0.634. The first-order chi connectivity index (χ1) is 3.81. The summed E-state index contributed by atoms with van der Waals surface area (Å²) in [6.45, 7) is 4.77. The van der Waals surface area contributed by atoms with Gasteiger partial charge in [-0.15, -0.1) is 0 Å². The van der Waals surface area contributed by atoms with Crippen molar-refractivity contribution in [3.8, 4) is 0 Å². The Morgan fingerprint density at radius 3 is 2.88 bits per heavy atom. The van der Waals surface area contributed by atoms with Crippen molar-refractivity contribution in [2.75, 3.05) is 20.3 Å². The number of hydrogen-bond donors (Lipinski definition) is 0. The predicted molar refractivity (Wildman–Crippen MR) is 34.6 cm³/mol. The van der Waals surface area contributed by atoms with Gasteiger partial charge >= 0.3 is 0 Å². The number of halogens is 1. The summed E-state index contributed by atoms with van der Waals surface area (Å²) in [5.41, 5.74) is 0. The highest BCUT2D eigenvalue weighted by Crippen LogP contribution is 1.90. The lowest BCUT2D eigenvalue weighted by molar-refractivity contribution is 0.189. The van der Waals surface area contributed by atoms with E-state index >= 15 is 0 Å². The largest absolute Gasteiger partial charge is 0.383 e. The van der Waals surface area contributed by atoms with Gasteiger partial charge in [-0.2, -0.15) is 0 Å². The fraction of sp³-hybridized carbons (Fsp3) is 0.600. The molecular weight excluding hydrogens is 126 g/mol. The fourth-order valence-electron chi connectivity index (χ4n) is 0.270. The van der Waals surface area contributed by atoms with Crippen molar-refractivity contribution in [2.45, 2.75) is 0 Å². The first kappa shape index (κ1) is 7.79. The van der Waals surface area contributed by atoms with Gasteiger partial charge in [0.25, 0.3) is 0 Å². The van der Waals surface area contributed by atoms with Crippen LogP contribution in [0.1, 0.15) is 0 Å². The van der Waals surface area contributed by atoms with E-state index in [1.807, 2.05) is 0 Å². The van der Waals surface area contributed by atoms with E-state index in [9.17, 15) is 0 Å². The Labute approximate surface area is 54.8 Å². The van der Waals surface area contributed by atoms with E-state index < -0.39 is 0 Å². The van der Waals surface area contributed by atoms with Gasteiger partial charge in [0, 0.05) is 25.1 Å². The molecule has 0 fully saturated rings. The minimum Gasteiger partial charge on any atom is -0.383 e. The molecular formula is C5H10ClNO. The second-order valence-electron chi connectivity index (χ2n) is 1.30. The molecule has 8 heavy (non-hydrogen) atoms. The summed E-state index contributed by atoms with van der Waals surface area (Å²) in [6.07, 6.45) is 1.54. The van der Waals surface area contributed by atoms with Crippen LogP contribution in [0.15, 0.2) is 12.8 Å². The highest BCUT2D eigenvalue weighted by Gasteiger charge is 1.88. The Morgan fingerprint density at radius 2 is 2.50 bits per heavy atom. The minimum absolute atomic E-state index is 0.634. The average Bonchev–Trinajstić information content (AvgIpc) is 1.83. The molecule has 0 aromatic heterocycles. The number of rotatable bonds is 4. The van der Waals surface area contributed by atoms with Gasteiger partial charge in [0.1, 0.15) is 0 Å². The molecule has 0 radical (unpaired) electrons. The maximum atomic E-state index is 5.48. The normalized spacial score (nSPS) is 8.75. The van der Waals surface area contributed by atoms with Gasteiger partial charge in [-0.25, -0.2) is 0 Å². The van der Waals surface area contributed by atoms with Crippen molar-refractivity contribution in [3.05, 3.63) is 12.8 Å². The van der Waals surface area contributed by atoms with Crippen molar-refractivity contribution in [1.82, 2.24) is 4.42 Å². The van der Waals surface area contributed by atoms with Crippen LogP contribution in [0, 0.1) is 0 Å².